The van der Waals surface area contributed by atoms with Gasteiger partial charge in [-0.05, 0) is 19.1 Å². The van der Waals surface area contributed by atoms with Crippen molar-refractivity contribution in [3.05, 3.63) is 34.5 Å². The molecule has 2 heterocycles. The molecule has 3 N–H and O–H groups in total. The van der Waals surface area contributed by atoms with Crippen molar-refractivity contribution < 1.29 is 0 Å². The Morgan fingerprint density at radius 1 is 1.16 bits per heavy atom. The van der Waals surface area contributed by atoms with Gasteiger partial charge in [-0.1, -0.05) is 6.07 Å². The summed E-state index contributed by atoms with van der Waals surface area (Å²) in [6.07, 6.45) is 0. The van der Waals surface area contributed by atoms with Crippen molar-refractivity contribution >= 4 is 16.9 Å². The molecule has 2 aromatic heterocycles. The molecule has 0 saturated heterocycles. The number of aromatic amines is 2. The van der Waals surface area contributed by atoms with Crippen LogP contribution in [0.2, 0.25) is 0 Å². The molecular formula is C12H12N6O. The largest absolute Gasteiger partial charge is 0.371 e. The highest BCUT2D eigenvalue weighted by molar-refractivity contribution is 5.83. The molecule has 0 aliphatic rings. The summed E-state index contributed by atoms with van der Waals surface area (Å²) in [6, 6.07) is 5.53. The highest BCUT2D eigenvalue weighted by atomic mass is 16.1. The number of imidazole rings is 1. The number of rotatable bonds is 2. The number of hydrogen-bond acceptors (Lipinski definition) is 5. The predicted molar refractivity (Wildman–Crippen MR) is 72.0 cm³/mol. The lowest BCUT2D eigenvalue weighted by Crippen LogP contribution is -2.02. The molecular weight excluding hydrogens is 244 g/mol. The molecule has 96 valence electrons. The van der Waals surface area contributed by atoms with Crippen LogP contribution in [0.25, 0.3) is 22.3 Å². The average molecular weight is 256 g/mol. The standard InChI is InChI=1S/C12H12N6O/c1-6-14-11(13-2)10(18-17-6)7-3-4-8-9(5-7)16-12(19)15-8/h3-5H,1-2H3,(H,13,14,17)(H2,15,16,19). The molecule has 3 rings (SSSR count). The highest BCUT2D eigenvalue weighted by Crippen LogP contribution is 2.25. The normalized spacial score (nSPS) is 10.8. The topological polar surface area (TPSA) is 99.3 Å². The summed E-state index contributed by atoms with van der Waals surface area (Å²) in [6.45, 7) is 1.78. The van der Waals surface area contributed by atoms with Crippen LogP contribution in [0, 0.1) is 6.92 Å². The maximum Gasteiger partial charge on any atom is 0.323 e. The molecule has 7 heteroatoms. The quantitative estimate of drug-likeness (QED) is 0.636. The van der Waals surface area contributed by atoms with Gasteiger partial charge in [0.2, 0.25) is 0 Å². The molecule has 3 aromatic rings. The zero-order chi connectivity index (χ0) is 13.4. The van der Waals surface area contributed by atoms with Gasteiger partial charge in [-0.15, -0.1) is 10.2 Å². The number of nitrogens with zero attached hydrogens (tertiary/aromatic N) is 3. The van der Waals surface area contributed by atoms with Crippen LogP contribution in [0.4, 0.5) is 5.82 Å². The molecule has 0 aliphatic heterocycles. The minimum absolute atomic E-state index is 0.228. The Morgan fingerprint density at radius 2 is 1.95 bits per heavy atom. The van der Waals surface area contributed by atoms with Crippen LogP contribution < -0.4 is 11.0 Å². The van der Waals surface area contributed by atoms with Gasteiger partial charge in [0.15, 0.2) is 5.82 Å². The molecule has 19 heavy (non-hydrogen) atoms. The van der Waals surface area contributed by atoms with Gasteiger partial charge in [0.1, 0.15) is 11.5 Å². The predicted octanol–water partition coefficient (Wildman–Crippen LogP) is 1.06. The Labute approximate surface area is 108 Å². The van der Waals surface area contributed by atoms with E-state index in [1.54, 1.807) is 14.0 Å². The molecule has 0 fully saturated rings. The number of H-pyrrole nitrogens is 2. The Balaban J connectivity index is 2.20. The van der Waals surface area contributed by atoms with Gasteiger partial charge in [-0.2, -0.15) is 0 Å². The van der Waals surface area contributed by atoms with E-state index in [9.17, 15) is 4.79 Å². The maximum atomic E-state index is 11.2. The van der Waals surface area contributed by atoms with Crippen LogP contribution in [-0.2, 0) is 0 Å². The first-order valence-corrected chi connectivity index (χ1v) is 5.79. The van der Waals surface area contributed by atoms with Crippen LogP contribution in [0.3, 0.4) is 0 Å². The summed E-state index contributed by atoms with van der Waals surface area (Å²) < 4.78 is 0. The third-order valence-electron chi connectivity index (χ3n) is 2.82. The summed E-state index contributed by atoms with van der Waals surface area (Å²) in [7, 11) is 1.78. The number of aryl methyl sites for hydroxylation is 1. The third kappa shape index (κ3) is 1.95. The minimum Gasteiger partial charge on any atom is -0.371 e. The molecule has 0 unspecified atom stereocenters. The lowest BCUT2D eigenvalue weighted by molar-refractivity contribution is 0.916. The molecule has 0 saturated carbocycles. The second-order valence-corrected chi connectivity index (χ2v) is 4.15. The second-order valence-electron chi connectivity index (χ2n) is 4.15. The van der Waals surface area contributed by atoms with Crippen molar-refractivity contribution in [1.82, 2.24) is 25.1 Å². The van der Waals surface area contributed by atoms with Crippen molar-refractivity contribution in [3.63, 3.8) is 0 Å². The van der Waals surface area contributed by atoms with Crippen LogP contribution in [-0.4, -0.2) is 32.2 Å². The summed E-state index contributed by atoms with van der Waals surface area (Å²) in [5.74, 6) is 1.26. The first kappa shape index (κ1) is 11.4. The fraction of sp³-hybridized carbons (Fsp3) is 0.167. The number of fused-ring (bicyclic) bond motifs is 1. The van der Waals surface area contributed by atoms with Crippen LogP contribution in [0.1, 0.15) is 5.82 Å². The monoisotopic (exact) mass is 256 g/mol. The fourth-order valence-electron chi connectivity index (χ4n) is 1.96. The van der Waals surface area contributed by atoms with Crippen molar-refractivity contribution in [2.24, 2.45) is 0 Å². The molecule has 7 nitrogen and oxygen atoms in total. The van der Waals surface area contributed by atoms with Gasteiger partial charge >= 0.3 is 5.69 Å². The van der Waals surface area contributed by atoms with E-state index in [-0.39, 0.29) is 5.69 Å². The second kappa shape index (κ2) is 4.20. The van der Waals surface area contributed by atoms with Crippen LogP contribution in [0.5, 0.6) is 0 Å². The molecule has 0 spiro atoms. The third-order valence-corrected chi connectivity index (χ3v) is 2.82. The summed E-state index contributed by atoms with van der Waals surface area (Å²) in [5, 5.41) is 11.1. The first-order valence-electron chi connectivity index (χ1n) is 5.79. The Hall–Kier alpha value is -2.70. The molecule has 0 atom stereocenters. The van der Waals surface area contributed by atoms with Crippen molar-refractivity contribution in [2.45, 2.75) is 6.92 Å². The smallest absolute Gasteiger partial charge is 0.323 e. The van der Waals surface area contributed by atoms with Crippen molar-refractivity contribution in [1.29, 1.82) is 0 Å². The first-order chi connectivity index (χ1) is 9.17. The van der Waals surface area contributed by atoms with Gasteiger partial charge in [0.05, 0.1) is 11.0 Å². The summed E-state index contributed by atoms with van der Waals surface area (Å²) >= 11 is 0. The number of anilines is 1. The van der Waals surface area contributed by atoms with E-state index < -0.39 is 0 Å². The molecule has 1 aromatic carbocycles. The van der Waals surface area contributed by atoms with E-state index in [0.29, 0.717) is 17.3 Å². The Bertz CT molecular complexity index is 803. The van der Waals surface area contributed by atoms with E-state index in [1.165, 1.54) is 0 Å². The number of benzene rings is 1. The van der Waals surface area contributed by atoms with Gasteiger partial charge in [0.25, 0.3) is 0 Å². The van der Waals surface area contributed by atoms with E-state index >= 15 is 0 Å². The fourth-order valence-corrected chi connectivity index (χ4v) is 1.96. The van der Waals surface area contributed by atoms with E-state index in [2.05, 4.69) is 30.5 Å². The molecule has 0 radical (unpaired) electrons. The zero-order valence-corrected chi connectivity index (χ0v) is 10.5. The van der Waals surface area contributed by atoms with Gasteiger partial charge < -0.3 is 15.3 Å². The van der Waals surface area contributed by atoms with Gasteiger partial charge in [-0.3, -0.25) is 0 Å². The number of nitrogens with one attached hydrogen (secondary N) is 3. The molecule has 0 amide bonds. The van der Waals surface area contributed by atoms with E-state index in [4.69, 9.17) is 0 Å². The van der Waals surface area contributed by atoms with E-state index in [0.717, 1.165) is 16.6 Å². The summed E-state index contributed by atoms with van der Waals surface area (Å²) in [5.41, 5.74) is 2.75. The molecule has 0 bridgehead atoms. The van der Waals surface area contributed by atoms with Crippen LogP contribution >= 0.6 is 0 Å². The minimum atomic E-state index is -0.228. The van der Waals surface area contributed by atoms with Gasteiger partial charge in [0, 0.05) is 12.6 Å². The maximum absolute atomic E-state index is 11.2. The zero-order valence-electron chi connectivity index (χ0n) is 10.5. The number of hydrogen-bond donors (Lipinski definition) is 3. The SMILES string of the molecule is CNc1nc(C)nnc1-c1ccc2[nH]c(=O)[nH]c2c1. The Kier molecular flexibility index (Phi) is 2.52. The van der Waals surface area contributed by atoms with E-state index in [1.807, 2.05) is 18.2 Å². The number of aromatic nitrogens is 5. The highest BCUT2D eigenvalue weighted by Gasteiger charge is 2.10. The van der Waals surface area contributed by atoms with Crippen LogP contribution in [0.15, 0.2) is 23.0 Å². The molecule has 0 aliphatic carbocycles. The van der Waals surface area contributed by atoms with Crippen molar-refractivity contribution in [2.75, 3.05) is 12.4 Å². The average Bonchev–Trinajstić information content (AvgIpc) is 2.77. The van der Waals surface area contributed by atoms with Gasteiger partial charge in [-0.25, -0.2) is 9.78 Å². The summed E-state index contributed by atoms with van der Waals surface area (Å²) in [4.78, 5) is 20.9. The lowest BCUT2D eigenvalue weighted by Gasteiger charge is -2.06. The lowest BCUT2D eigenvalue weighted by atomic mass is 10.1. The Morgan fingerprint density at radius 3 is 2.74 bits per heavy atom. The van der Waals surface area contributed by atoms with Crippen molar-refractivity contribution in [3.8, 4) is 11.3 Å².